The fourth-order valence-electron chi connectivity index (χ4n) is 2.66. The molecule has 1 saturated heterocycles. The summed E-state index contributed by atoms with van der Waals surface area (Å²) in [5.41, 5.74) is 7.75. The number of nitrogens with two attached hydrogens (primary N) is 1. The third kappa shape index (κ3) is 2.91. The topological polar surface area (TPSA) is 46.3 Å². The number of carbonyl (C=O) groups is 1. The van der Waals surface area contributed by atoms with Gasteiger partial charge in [-0.05, 0) is 30.4 Å². The van der Waals surface area contributed by atoms with Crippen LogP contribution in [0.5, 0.6) is 0 Å². The van der Waals surface area contributed by atoms with Crippen molar-refractivity contribution in [3.8, 4) is 0 Å². The third-order valence-corrected chi connectivity index (χ3v) is 3.78. The van der Waals surface area contributed by atoms with Crippen molar-refractivity contribution in [2.24, 2.45) is 5.73 Å². The molecular weight excluding hydrogens is 224 g/mol. The molecule has 2 rings (SSSR count). The van der Waals surface area contributed by atoms with Gasteiger partial charge in [0.15, 0.2) is 0 Å². The van der Waals surface area contributed by atoms with Crippen molar-refractivity contribution in [2.45, 2.75) is 45.2 Å². The van der Waals surface area contributed by atoms with E-state index in [1.54, 1.807) is 0 Å². The number of amides is 1. The van der Waals surface area contributed by atoms with Gasteiger partial charge in [0.25, 0.3) is 0 Å². The normalized spacial score (nSPS) is 19.2. The van der Waals surface area contributed by atoms with Crippen molar-refractivity contribution in [1.29, 1.82) is 0 Å². The molecule has 1 aromatic rings. The van der Waals surface area contributed by atoms with Crippen LogP contribution in [0.2, 0.25) is 0 Å². The van der Waals surface area contributed by atoms with Gasteiger partial charge in [0.1, 0.15) is 0 Å². The number of benzene rings is 1. The van der Waals surface area contributed by atoms with Crippen LogP contribution in [0.1, 0.15) is 37.3 Å². The second kappa shape index (κ2) is 6.01. The summed E-state index contributed by atoms with van der Waals surface area (Å²) in [6.07, 6.45) is 3.89. The summed E-state index contributed by atoms with van der Waals surface area (Å²) in [5, 5.41) is 0. The van der Waals surface area contributed by atoms with E-state index in [2.05, 4.69) is 11.8 Å². The molecule has 0 spiro atoms. The molecule has 1 fully saturated rings. The Hall–Kier alpha value is -1.35. The van der Waals surface area contributed by atoms with Crippen LogP contribution in [-0.2, 0) is 17.8 Å². The number of hydrogen-bond donors (Lipinski definition) is 1. The molecule has 1 aliphatic rings. The third-order valence-electron chi connectivity index (χ3n) is 3.78. The maximum absolute atomic E-state index is 12.2. The molecule has 1 unspecified atom stereocenters. The maximum atomic E-state index is 12.2. The van der Waals surface area contributed by atoms with Gasteiger partial charge >= 0.3 is 0 Å². The van der Waals surface area contributed by atoms with E-state index in [1.165, 1.54) is 0 Å². The molecule has 0 radical (unpaired) electrons. The van der Waals surface area contributed by atoms with Crippen molar-refractivity contribution >= 4 is 5.91 Å². The highest BCUT2D eigenvalue weighted by atomic mass is 16.2. The summed E-state index contributed by atoms with van der Waals surface area (Å²) in [6.45, 7) is 3.64. The number of likely N-dealkylation sites (tertiary alicyclic amines) is 1. The largest absolute Gasteiger partial charge is 0.339 e. The number of rotatable bonds is 4. The minimum atomic E-state index is 0.264. The van der Waals surface area contributed by atoms with Gasteiger partial charge in [-0.15, -0.1) is 0 Å². The van der Waals surface area contributed by atoms with Crippen LogP contribution >= 0.6 is 0 Å². The van der Waals surface area contributed by atoms with Gasteiger partial charge in [0.2, 0.25) is 5.91 Å². The van der Waals surface area contributed by atoms with Crippen molar-refractivity contribution in [1.82, 2.24) is 4.90 Å². The molecule has 0 saturated carbocycles. The highest BCUT2D eigenvalue weighted by Crippen LogP contribution is 2.21. The Labute approximate surface area is 109 Å². The second-order valence-electron chi connectivity index (χ2n) is 4.99. The Morgan fingerprint density at radius 2 is 2.00 bits per heavy atom. The minimum absolute atomic E-state index is 0.264. The molecule has 0 aliphatic carbocycles. The van der Waals surface area contributed by atoms with Crippen LogP contribution in [0, 0.1) is 0 Å². The highest BCUT2D eigenvalue weighted by molar-refractivity contribution is 5.79. The van der Waals surface area contributed by atoms with Gasteiger partial charge in [0, 0.05) is 19.1 Å². The molecule has 98 valence electrons. The Kier molecular flexibility index (Phi) is 4.37. The summed E-state index contributed by atoms with van der Waals surface area (Å²) < 4.78 is 0. The van der Waals surface area contributed by atoms with Crippen molar-refractivity contribution in [3.63, 3.8) is 0 Å². The summed E-state index contributed by atoms with van der Waals surface area (Å²) >= 11 is 0. The summed E-state index contributed by atoms with van der Waals surface area (Å²) in [6, 6.07) is 8.49. The first kappa shape index (κ1) is 13.1. The zero-order valence-corrected chi connectivity index (χ0v) is 11.1. The van der Waals surface area contributed by atoms with E-state index in [-0.39, 0.29) is 5.91 Å². The molecule has 3 nitrogen and oxygen atoms in total. The van der Waals surface area contributed by atoms with E-state index < -0.39 is 0 Å². The predicted octanol–water partition coefficient (Wildman–Crippen LogP) is 2.09. The van der Waals surface area contributed by atoms with Gasteiger partial charge in [-0.1, -0.05) is 31.2 Å². The lowest BCUT2D eigenvalue weighted by molar-refractivity contribution is -0.131. The summed E-state index contributed by atoms with van der Waals surface area (Å²) in [5.74, 6) is 0.264. The predicted molar refractivity (Wildman–Crippen MR) is 73.1 cm³/mol. The van der Waals surface area contributed by atoms with Crippen molar-refractivity contribution < 1.29 is 4.79 Å². The van der Waals surface area contributed by atoms with E-state index in [0.717, 1.165) is 36.9 Å². The molecule has 18 heavy (non-hydrogen) atoms. The maximum Gasteiger partial charge on any atom is 0.227 e. The molecule has 0 aromatic heterocycles. The fraction of sp³-hybridized carbons (Fsp3) is 0.533. The number of carbonyl (C=O) groups excluding carboxylic acids is 1. The molecule has 1 heterocycles. The fourth-order valence-corrected chi connectivity index (χ4v) is 2.66. The first-order valence-electron chi connectivity index (χ1n) is 6.82. The zero-order chi connectivity index (χ0) is 13.0. The van der Waals surface area contributed by atoms with E-state index >= 15 is 0 Å². The highest BCUT2D eigenvalue weighted by Gasteiger charge is 2.26. The Morgan fingerprint density at radius 3 is 2.61 bits per heavy atom. The molecule has 0 bridgehead atoms. The second-order valence-corrected chi connectivity index (χ2v) is 4.99. The van der Waals surface area contributed by atoms with Gasteiger partial charge in [-0.2, -0.15) is 0 Å². The summed E-state index contributed by atoms with van der Waals surface area (Å²) in [4.78, 5) is 14.3. The van der Waals surface area contributed by atoms with E-state index in [1.807, 2.05) is 24.3 Å². The van der Waals surface area contributed by atoms with Gasteiger partial charge < -0.3 is 10.6 Å². The molecule has 1 aliphatic heterocycles. The van der Waals surface area contributed by atoms with Crippen LogP contribution < -0.4 is 5.73 Å². The van der Waals surface area contributed by atoms with Crippen LogP contribution in [0.4, 0.5) is 0 Å². The molecule has 1 amide bonds. The van der Waals surface area contributed by atoms with Crippen LogP contribution in [0.25, 0.3) is 0 Å². The van der Waals surface area contributed by atoms with Crippen LogP contribution in [0.15, 0.2) is 24.3 Å². The average Bonchev–Trinajstić information content (AvgIpc) is 2.88. The van der Waals surface area contributed by atoms with Gasteiger partial charge in [0.05, 0.1) is 6.42 Å². The van der Waals surface area contributed by atoms with Crippen molar-refractivity contribution in [2.75, 3.05) is 6.54 Å². The monoisotopic (exact) mass is 246 g/mol. The lowest BCUT2D eigenvalue weighted by Crippen LogP contribution is -2.36. The van der Waals surface area contributed by atoms with Gasteiger partial charge in [-0.25, -0.2) is 0 Å². The van der Waals surface area contributed by atoms with E-state index in [4.69, 9.17) is 5.73 Å². The first-order valence-corrected chi connectivity index (χ1v) is 6.82. The SMILES string of the molecule is CCC1CCCN1C(=O)Cc1ccc(CN)cc1. The molecule has 1 atom stereocenters. The van der Waals surface area contributed by atoms with Crippen LogP contribution in [-0.4, -0.2) is 23.4 Å². The number of hydrogen-bond acceptors (Lipinski definition) is 2. The number of nitrogens with zero attached hydrogens (tertiary/aromatic N) is 1. The van der Waals surface area contributed by atoms with Crippen molar-refractivity contribution in [3.05, 3.63) is 35.4 Å². The van der Waals surface area contributed by atoms with Gasteiger partial charge in [-0.3, -0.25) is 4.79 Å². The molecule has 2 N–H and O–H groups in total. The smallest absolute Gasteiger partial charge is 0.227 e. The van der Waals surface area contributed by atoms with E-state index in [9.17, 15) is 4.79 Å². The first-order chi connectivity index (χ1) is 8.74. The molecular formula is C15H22N2O. The Balaban J connectivity index is 1.97. The Bertz CT molecular complexity index is 399. The van der Waals surface area contributed by atoms with Crippen LogP contribution in [0.3, 0.4) is 0 Å². The lowest BCUT2D eigenvalue weighted by Gasteiger charge is -2.23. The standard InChI is InChI=1S/C15H22N2O/c1-2-14-4-3-9-17(14)15(18)10-12-5-7-13(11-16)8-6-12/h5-8,14H,2-4,9-11,16H2,1H3. The Morgan fingerprint density at radius 1 is 1.33 bits per heavy atom. The zero-order valence-electron chi connectivity index (χ0n) is 11.1. The quantitative estimate of drug-likeness (QED) is 0.884. The van der Waals surface area contributed by atoms with E-state index in [0.29, 0.717) is 19.0 Å². The average molecular weight is 246 g/mol. The molecule has 1 aromatic carbocycles. The summed E-state index contributed by atoms with van der Waals surface area (Å²) in [7, 11) is 0. The minimum Gasteiger partial charge on any atom is -0.339 e. The molecule has 3 heteroatoms. The lowest BCUT2D eigenvalue weighted by atomic mass is 10.1.